The maximum atomic E-state index is 14.0. The highest BCUT2D eigenvalue weighted by atomic mass is 19.3. The van der Waals surface area contributed by atoms with E-state index in [4.69, 9.17) is 9.84 Å². The van der Waals surface area contributed by atoms with Crippen LogP contribution in [0, 0.1) is 5.92 Å². The molecule has 154 valence electrons. The van der Waals surface area contributed by atoms with Gasteiger partial charge in [0.25, 0.3) is 5.92 Å². The minimum atomic E-state index is -3.03. The summed E-state index contributed by atoms with van der Waals surface area (Å²) in [5.41, 5.74) is 3.08. The van der Waals surface area contributed by atoms with Gasteiger partial charge < -0.3 is 9.84 Å². The van der Waals surface area contributed by atoms with Crippen molar-refractivity contribution >= 4 is 5.97 Å². The lowest BCUT2D eigenvalue weighted by Gasteiger charge is -2.18. The Morgan fingerprint density at radius 3 is 2.57 bits per heavy atom. The zero-order valence-electron chi connectivity index (χ0n) is 16.6. The van der Waals surface area contributed by atoms with Crippen molar-refractivity contribution in [1.29, 1.82) is 0 Å². The largest absolute Gasteiger partial charge is 0.489 e. The van der Waals surface area contributed by atoms with E-state index in [-0.39, 0.29) is 18.4 Å². The molecule has 1 fully saturated rings. The zero-order chi connectivity index (χ0) is 20.1. The first-order valence-electron chi connectivity index (χ1n) is 10.4. The summed E-state index contributed by atoms with van der Waals surface area (Å²) in [7, 11) is 0. The van der Waals surface area contributed by atoms with E-state index in [0.29, 0.717) is 17.9 Å². The smallest absolute Gasteiger partial charge is 0.303 e. The van der Waals surface area contributed by atoms with Gasteiger partial charge in [0.15, 0.2) is 0 Å². The number of alkyl halides is 2. The fourth-order valence-electron chi connectivity index (χ4n) is 4.54. The van der Waals surface area contributed by atoms with Gasteiger partial charge in [-0.15, -0.1) is 0 Å². The van der Waals surface area contributed by atoms with Gasteiger partial charge in [0, 0.05) is 18.9 Å². The Balaban J connectivity index is 1.68. The van der Waals surface area contributed by atoms with Crippen LogP contribution < -0.4 is 4.74 Å². The Labute approximate surface area is 165 Å². The molecule has 2 aliphatic rings. The van der Waals surface area contributed by atoms with Crippen LogP contribution in [0.4, 0.5) is 8.78 Å². The van der Waals surface area contributed by atoms with Crippen molar-refractivity contribution in [1.82, 2.24) is 0 Å². The van der Waals surface area contributed by atoms with E-state index in [2.05, 4.69) is 0 Å². The molecule has 1 aromatic carbocycles. The quantitative estimate of drug-likeness (QED) is 0.505. The molecule has 0 radical (unpaired) electrons. The van der Waals surface area contributed by atoms with Crippen molar-refractivity contribution < 1.29 is 23.4 Å². The van der Waals surface area contributed by atoms with E-state index in [1.54, 1.807) is 12.1 Å². The Hall–Kier alpha value is -1.91. The van der Waals surface area contributed by atoms with Crippen LogP contribution in [-0.2, 0) is 17.1 Å². The summed E-state index contributed by atoms with van der Waals surface area (Å²) in [4.78, 5) is 10.8. The predicted octanol–water partition coefficient (Wildman–Crippen LogP) is 6.26. The lowest BCUT2D eigenvalue weighted by atomic mass is 9.96. The Morgan fingerprint density at radius 1 is 1.18 bits per heavy atom. The summed E-state index contributed by atoms with van der Waals surface area (Å²) in [6.07, 6.45) is 9.76. The highest BCUT2D eigenvalue weighted by molar-refractivity contribution is 5.67. The number of hydrogen-bond acceptors (Lipinski definition) is 2. The molecule has 28 heavy (non-hydrogen) atoms. The second kappa shape index (κ2) is 9.06. The van der Waals surface area contributed by atoms with Crippen LogP contribution in [0.15, 0.2) is 29.3 Å². The number of rotatable bonds is 9. The van der Waals surface area contributed by atoms with Crippen molar-refractivity contribution in [3.05, 3.63) is 40.5 Å². The first-order valence-corrected chi connectivity index (χ1v) is 10.4. The average molecular weight is 392 g/mol. The molecule has 3 rings (SSSR count). The van der Waals surface area contributed by atoms with Crippen LogP contribution in [-0.4, -0.2) is 17.7 Å². The number of aryl methyl sites for hydroxylation is 1. The van der Waals surface area contributed by atoms with E-state index >= 15 is 0 Å². The molecule has 1 aromatic rings. The van der Waals surface area contributed by atoms with Crippen molar-refractivity contribution in [2.45, 2.75) is 77.1 Å². The summed E-state index contributed by atoms with van der Waals surface area (Å²) in [5, 5.41) is 8.84. The molecule has 1 N–H and O–H groups in total. The molecule has 1 saturated carbocycles. The van der Waals surface area contributed by atoms with E-state index in [9.17, 15) is 13.6 Å². The third kappa shape index (κ3) is 5.55. The summed E-state index contributed by atoms with van der Waals surface area (Å²) in [5.74, 6) is -2.79. The van der Waals surface area contributed by atoms with Gasteiger partial charge in [0.2, 0.25) is 0 Å². The minimum Gasteiger partial charge on any atom is -0.489 e. The van der Waals surface area contributed by atoms with Crippen molar-refractivity contribution in [3.63, 3.8) is 0 Å². The molecule has 3 nitrogen and oxygen atoms in total. The molecule has 0 amide bonds. The number of carbonyl (C=O) groups is 1. The molecule has 0 heterocycles. The second-order valence-corrected chi connectivity index (χ2v) is 8.31. The number of aliphatic carboxylic acids is 1. The van der Waals surface area contributed by atoms with Gasteiger partial charge in [-0.1, -0.05) is 37.3 Å². The molecular weight excluding hydrogens is 362 g/mol. The normalized spacial score (nSPS) is 18.1. The summed E-state index contributed by atoms with van der Waals surface area (Å²) in [6, 6.07) is 4.63. The monoisotopic (exact) mass is 392 g/mol. The highest BCUT2D eigenvalue weighted by Gasteiger charge is 2.28. The molecule has 0 unspecified atom stereocenters. The van der Waals surface area contributed by atoms with Crippen LogP contribution in [0.5, 0.6) is 5.75 Å². The number of carboxylic acid groups (broad SMARTS) is 1. The first-order chi connectivity index (χ1) is 13.3. The van der Waals surface area contributed by atoms with Gasteiger partial charge in [0.1, 0.15) is 12.4 Å². The molecule has 5 heteroatoms. The summed E-state index contributed by atoms with van der Waals surface area (Å²) < 4.78 is 34.0. The van der Waals surface area contributed by atoms with E-state index in [1.165, 1.54) is 49.3 Å². The van der Waals surface area contributed by atoms with E-state index in [0.717, 1.165) is 32.1 Å². The third-order valence-corrected chi connectivity index (χ3v) is 6.04. The molecule has 0 saturated heterocycles. The maximum absolute atomic E-state index is 14.0. The Bertz CT molecular complexity index is 728. The topological polar surface area (TPSA) is 46.5 Å². The first kappa shape index (κ1) is 20.8. The SMILES string of the molecule is CC(F)(F)c1cc(OCC2=C(CC3CCCC3)CCC2)ccc1CCC(=O)O. The molecule has 0 aromatic heterocycles. The Kier molecular flexibility index (Phi) is 6.73. The van der Waals surface area contributed by atoms with E-state index < -0.39 is 11.9 Å². The fourth-order valence-corrected chi connectivity index (χ4v) is 4.54. The number of halogens is 2. The molecule has 0 aliphatic heterocycles. The fraction of sp³-hybridized carbons (Fsp3) is 0.609. The van der Waals surface area contributed by atoms with E-state index in [1.807, 2.05) is 0 Å². The molecular formula is C23H30F2O3. The van der Waals surface area contributed by atoms with Gasteiger partial charge in [-0.2, -0.15) is 0 Å². The highest BCUT2D eigenvalue weighted by Crippen LogP contribution is 2.37. The van der Waals surface area contributed by atoms with Crippen LogP contribution in [0.2, 0.25) is 0 Å². The number of benzene rings is 1. The predicted molar refractivity (Wildman–Crippen MR) is 105 cm³/mol. The molecule has 0 bridgehead atoms. The number of ether oxygens (including phenoxy) is 1. The standard InChI is InChI=1S/C23H30F2O3/c1-23(24,25)21-14-20(11-9-17(21)10-12-22(26)27)28-15-19-8-4-7-18(19)13-16-5-2-3-6-16/h9,11,14,16H,2-8,10,12-13,15H2,1H3,(H,26,27). The van der Waals surface area contributed by atoms with Crippen molar-refractivity contribution in [3.8, 4) is 5.75 Å². The Morgan fingerprint density at radius 2 is 1.89 bits per heavy atom. The van der Waals surface area contributed by atoms with Crippen molar-refractivity contribution in [2.75, 3.05) is 6.61 Å². The summed E-state index contributed by atoms with van der Waals surface area (Å²) in [6.45, 7) is 1.31. The molecule has 2 aliphatic carbocycles. The van der Waals surface area contributed by atoms with Gasteiger partial charge in [0.05, 0.1) is 0 Å². The van der Waals surface area contributed by atoms with Crippen LogP contribution in [0.25, 0.3) is 0 Å². The molecule has 0 atom stereocenters. The van der Waals surface area contributed by atoms with Crippen LogP contribution in [0.3, 0.4) is 0 Å². The van der Waals surface area contributed by atoms with Crippen LogP contribution >= 0.6 is 0 Å². The van der Waals surface area contributed by atoms with Gasteiger partial charge in [-0.25, -0.2) is 8.78 Å². The van der Waals surface area contributed by atoms with Gasteiger partial charge >= 0.3 is 5.97 Å². The van der Waals surface area contributed by atoms with Gasteiger partial charge in [-0.3, -0.25) is 4.79 Å². The lowest BCUT2D eigenvalue weighted by Crippen LogP contribution is -2.13. The number of hydrogen-bond donors (Lipinski definition) is 1. The molecule has 0 spiro atoms. The number of allylic oxidation sites excluding steroid dienone is 1. The average Bonchev–Trinajstić information content (AvgIpc) is 3.30. The lowest BCUT2D eigenvalue weighted by molar-refractivity contribution is -0.137. The summed E-state index contributed by atoms with van der Waals surface area (Å²) >= 11 is 0. The van der Waals surface area contributed by atoms with Gasteiger partial charge in [-0.05, 0) is 61.3 Å². The number of carboxylic acids is 1. The zero-order valence-corrected chi connectivity index (χ0v) is 16.6. The second-order valence-electron chi connectivity index (χ2n) is 8.31. The third-order valence-electron chi connectivity index (χ3n) is 6.04. The van der Waals surface area contributed by atoms with Crippen LogP contribution in [0.1, 0.15) is 75.8 Å². The maximum Gasteiger partial charge on any atom is 0.303 e. The minimum absolute atomic E-state index is 0.0884. The van der Waals surface area contributed by atoms with Crippen molar-refractivity contribution in [2.24, 2.45) is 5.92 Å².